The van der Waals surface area contributed by atoms with Gasteiger partial charge in [0.2, 0.25) is 0 Å². The van der Waals surface area contributed by atoms with Crippen molar-refractivity contribution < 1.29 is 8.42 Å². The topological polar surface area (TPSA) is 79.6 Å². The number of rotatable bonds is 3. The predicted octanol–water partition coefficient (Wildman–Crippen LogP) is -0.455. The molecule has 0 aromatic carbocycles. The molecule has 1 fully saturated rings. The highest BCUT2D eigenvalue weighted by Gasteiger charge is 2.30. The van der Waals surface area contributed by atoms with Crippen LogP contribution in [0.2, 0.25) is 0 Å². The van der Waals surface area contributed by atoms with Crippen LogP contribution in [0, 0.1) is 0 Å². The lowest BCUT2D eigenvalue weighted by Crippen LogP contribution is -2.45. The molecule has 2 aliphatic heterocycles. The number of aromatic nitrogens is 2. The zero-order valence-electron chi connectivity index (χ0n) is 11.5. The van der Waals surface area contributed by atoms with Crippen LogP contribution >= 0.6 is 0 Å². The Hall–Kier alpha value is -1.41. The van der Waals surface area contributed by atoms with E-state index < -0.39 is 9.84 Å². The lowest BCUT2D eigenvalue weighted by Gasteiger charge is -2.23. The van der Waals surface area contributed by atoms with E-state index in [1.54, 1.807) is 4.68 Å². The zero-order chi connectivity index (χ0) is 14.2. The van der Waals surface area contributed by atoms with E-state index in [2.05, 4.69) is 15.5 Å². The van der Waals surface area contributed by atoms with E-state index >= 15 is 0 Å². The van der Waals surface area contributed by atoms with Crippen molar-refractivity contribution in [2.45, 2.75) is 18.1 Å². The van der Waals surface area contributed by atoms with Crippen molar-refractivity contribution in [2.75, 3.05) is 30.4 Å². The summed E-state index contributed by atoms with van der Waals surface area (Å²) in [7, 11) is -1.15. The van der Waals surface area contributed by atoms with Gasteiger partial charge in [0.15, 0.2) is 15.7 Å². The smallest absolute Gasteiger partial charge is 0.171 e. The van der Waals surface area contributed by atoms with Gasteiger partial charge in [-0.15, -0.1) is 0 Å². The minimum atomic E-state index is -3.00. The average Bonchev–Trinajstić information content (AvgIpc) is 3.02. The number of aryl methyl sites for hydroxylation is 1. The minimum Gasteiger partial charge on any atom is -0.314 e. The molecule has 3 rings (SSSR count). The molecule has 20 heavy (non-hydrogen) atoms. The lowest BCUT2D eigenvalue weighted by molar-refractivity contribution is 0.538. The van der Waals surface area contributed by atoms with Gasteiger partial charge in [-0.2, -0.15) is 10.2 Å². The van der Waals surface area contributed by atoms with Gasteiger partial charge < -0.3 is 5.32 Å². The maximum Gasteiger partial charge on any atom is 0.171 e. The summed E-state index contributed by atoms with van der Waals surface area (Å²) in [4.78, 5) is 0. The van der Waals surface area contributed by atoms with E-state index in [0.717, 1.165) is 24.5 Å². The third-order valence-electron chi connectivity index (χ3n) is 3.80. The van der Waals surface area contributed by atoms with Crippen LogP contribution in [-0.2, 0) is 23.3 Å². The van der Waals surface area contributed by atoms with Crippen molar-refractivity contribution in [1.29, 1.82) is 0 Å². The third-order valence-corrected chi connectivity index (χ3v) is 5.92. The Labute approximate surface area is 118 Å². The maximum atomic E-state index is 12.1. The number of nitrogens with zero attached hydrogens (tertiary/aromatic N) is 4. The van der Waals surface area contributed by atoms with Crippen LogP contribution in [0.15, 0.2) is 11.2 Å². The first-order valence-electron chi connectivity index (χ1n) is 6.81. The molecule has 1 saturated heterocycles. The third kappa shape index (κ3) is 2.57. The van der Waals surface area contributed by atoms with Gasteiger partial charge in [-0.05, 0) is 0 Å². The van der Waals surface area contributed by atoms with E-state index in [-0.39, 0.29) is 11.0 Å². The van der Waals surface area contributed by atoms with E-state index in [1.807, 2.05) is 24.3 Å². The normalized spacial score (nSPS) is 25.2. The molecule has 7 nitrogen and oxygen atoms in total. The van der Waals surface area contributed by atoms with Crippen molar-refractivity contribution in [1.82, 2.24) is 15.1 Å². The highest BCUT2D eigenvalue weighted by Crippen LogP contribution is 2.20. The van der Waals surface area contributed by atoms with E-state index in [1.165, 1.54) is 0 Å². The Morgan fingerprint density at radius 2 is 2.35 bits per heavy atom. The van der Waals surface area contributed by atoms with Gasteiger partial charge in [0.1, 0.15) is 0 Å². The number of anilines is 1. The van der Waals surface area contributed by atoms with Crippen molar-refractivity contribution >= 4 is 21.9 Å². The molecule has 0 aliphatic carbocycles. The second-order valence-corrected chi connectivity index (χ2v) is 7.63. The van der Waals surface area contributed by atoms with Crippen LogP contribution in [0.25, 0.3) is 0 Å². The molecule has 2 aliphatic rings. The molecule has 1 atom stereocenters. The monoisotopic (exact) mass is 297 g/mol. The first-order valence-corrected chi connectivity index (χ1v) is 8.53. The molecule has 0 saturated carbocycles. The first kappa shape index (κ1) is 13.6. The fraction of sp³-hybridized carbons (Fsp3) is 0.667. The Balaban J connectivity index is 1.78. The Kier molecular flexibility index (Phi) is 3.51. The SMILES string of the molecule is Cn1nc(N2CCC=N2)cc1CC1CNCCS1(=O)=O. The Morgan fingerprint density at radius 1 is 1.50 bits per heavy atom. The Bertz CT molecular complexity index is 622. The van der Waals surface area contributed by atoms with Crippen LogP contribution in [0.4, 0.5) is 5.82 Å². The molecule has 3 heterocycles. The maximum absolute atomic E-state index is 12.1. The van der Waals surface area contributed by atoms with Gasteiger partial charge in [0.05, 0.1) is 11.0 Å². The van der Waals surface area contributed by atoms with Crippen LogP contribution in [0.1, 0.15) is 12.1 Å². The first-order chi connectivity index (χ1) is 9.56. The van der Waals surface area contributed by atoms with Gasteiger partial charge >= 0.3 is 0 Å². The molecule has 110 valence electrons. The fourth-order valence-electron chi connectivity index (χ4n) is 2.58. The highest BCUT2D eigenvalue weighted by atomic mass is 32.2. The van der Waals surface area contributed by atoms with Crippen LogP contribution < -0.4 is 10.3 Å². The fourth-order valence-corrected chi connectivity index (χ4v) is 4.14. The number of hydrazone groups is 1. The summed E-state index contributed by atoms with van der Waals surface area (Å²) < 4.78 is 25.9. The summed E-state index contributed by atoms with van der Waals surface area (Å²) in [5, 5.41) is 13.3. The highest BCUT2D eigenvalue weighted by molar-refractivity contribution is 7.92. The molecule has 1 aromatic rings. The van der Waals surface area contributed by atoms with Gasteiger partial charge in [-0.25, -0.2) is 13.4 Å². The largest absolute Gasteiger partial charge is 0.314 e. The van der Waals surface area contributed by atoms with Crippen LogP contribution in [0.5, 0.6) is 0 Å². The second kappa shape index (κ2) is 5.17. The Morgan fingerprint density at radius 3 is 3.05 bits per heavy atom. The van der Waals surface area contributed by atoms with Crippen molar-refractivity contribution in [3.63, 3.8) is 0 Å². The number of hydrogen-bond donors (Lipinski definition) is 1. The number of hydrogen-bond acceptors (Lipinski definition) is 6. The molecule has 0 bridgehead atoms. The summed E-state index contributed by atoms with van der Waals surface area (Å²) in [5.74, 6) is 1.01. The molecule has 1 aromatic heterocycles. The predicted molar refractivity (Wildman–Crippen MR) is 77.8 cm³/mol. The second-order valence-electron chi connectivity index (χ2n) is 5.22. The summed E-state index contributed by atoms with van der Waals surface area (Å²) >= 11 is 0. The van der Waals surface area contributed by atoms with Gasteiger partial charge in [-0.1, -0.05) is 0 Å². The lowest BCUT2D eigenvalue weighted by atomic mass is 10.2. The van der Waals surface area contributed by atoms with E-state index in [9.17, 15) is 8.42 Å². The van der Waals surface area contributed by atoms with E-state index in [0.29, 0.717) is 19.5 Å². The van der Waals surface area contributed by atoms with Crippen molar-refractivity contribution in [3.05, 3.63) is 11.8 Å². The zero-order valence-corrected chi connectivity index (χ0v) is 12.3. The summed E-state index contributed by atoms with van der Waals surface area (Å²) in [6.07, 6.45) is 3.28. The molecular formula is C12H19N5O2S. The molecule has 0 radical (unpaired) electrons. The van der Waals surface area contributed by atoms with Gasteiger partial charge in [0, 0.05) is 57.5 Å². The van der Waals surface area contributed by atoms with Gasteiger partial charge in [0.25, 0.3) is 0 Å². The van der Waals surface area contributed by atoms with Gasteiger partial charge in [-0.3, -0.25) is 4.68 Å². The average molecular weight is 297 g/mol. The molecule has 0 amide bonds. The molecule has 0 spiro atoms. The summed E-state index contributed by atoms with van der Waals surface area (Å²) in [6.45, 7) is 1.91. The van der Waals surface area contributed by atoms with Crippen molar-refractivity contribution in [3.8, 4) is 0 Å². The molecule has 8 heteroatoms. The van der Waals surface area contributed by atoms with E-state index in [4.69, 9.17) is 0 Å². The quantitative estimate of drug-likeness (QED) is 0.817. The van der Waals surface area contributed by atoms with Crippen LogP contribution in [-0.4, -0.2) is 55.0 Å². The van der Waals surface area contributed by atoms with Crippen LogP contribution in [0.3, 0.4) is 0 Å². The molecule has 1 N–H and O–H groups in total. The summed E-state index contributed by atoms with van der Waals surface area (Å²) in [6, 6.07) is 1.94. The van der Waals surface area contributed by atoms with Crippen molar-refractivity contribution in [2.24, 2.45) is 12.1 Å². The molecular weight excluding hydrogens is 278 g/mol. The summed E-state index contributed by atoms with van der Waals surface area (Å²) in [5.41, 5.74) is 0.930. The minimum absolute atomic E-state index is 0.221. The number of nitrogens with one attached hydrogen (secondary N) is 1. The molecule has 1 unspecified atom stereocenters. The standard InChI is InChI=1S/C12H19N5O2S/c1-16-10(7-11-9-13-4-6-20(11,18)19)8-12(15-16)17-5-2-3-14-17/h3,8,11,13H,2,4-7,9H2,1H3. The number of sulfone groups is 1.